The van der Waals surface area contributed by atoms with Crippen molar-refractivity contribution >= 4 is 23.5 Å². The number of amides is 1. The number of ether oxygens (including phenoxy) is 1. The number of hydrogen-bond donors (Lipinski definition) is 3. The van der Waals surface area contributed by atoms with Crippen LogP contribution in [0.5, 0.6) is 5.75 Å². The van der Waals surface area contributed by atoms with Crippen molar-refractivity contribution in [3.63, 3.8) is 0 Å². The first kappa shape index (κ1) is 22.4. The first-order chi connectivity index (χ1) is 13.8. The van der Waals surface area contributed by atoms with Gasteiger partial charge in [-0.05, 0) is 18.2 Å². The van der Waals surface area contributed by atoms with Gasteiger partial charge in [-0.3, -0.25) is 9.79 Å². The number of aliphatic imine (C=N–C) groups is 1. The fourth-order valence-corrected chi connectivity index (χ4v) is 2.59. The molecule has 0 bridgehead atoms. The SMILES string of the molecule is CN=C(NCCNC(=O)c1ccccc1Cl)NCc1ccccc1OC(F)(F)F. The van der Waals surface area contributed by atoms with Gasteiger partial charge < -0.3 is 20.7 Å². The second kappa shape index (κ2) is 10.6. The van der Waals surface area contributed by atoms with E-state index in [1.165, 1.54) is 25.2 Å². The van der Waals surface area contributed by atoms with Crippen molar-refractivity contribution in [3.8, 4) is 5.75 Å². The summed E-state index contributed by atoms with van der Waals surface area (Å²) in [5.74, 6) is -0.229. The quantitative estimate of drug-likeness (QED) is 0.359. The van der Waals surface area contributed by atoms with E-state index in [-0.39, 0.29) is 18.2 Å². The van der Waals surface area contributed by atoms with Gasteiger partial charge in [-0.2, -0.15) is 0 Å². The summed E-state index contributed by atoms with van der Waals surface area (Å²) in [6, 6.07) is 12.5. The predicted octanol–water partition coefficient (Wildman–Crippen LogP) is 3.33. The Labute approximate surface area is 171 Å². The van der Waals surface area contributed by atoms with Crippen LogP contribution in [0, 0.1) is 0 Å². The molecule has 0 radical (unpaired) electrons. The van der Waals surface area contributed by atoms with Gasteiger partial charge >= 0.3 is 6.36 Å². The molecule has 0 spiro atoms. The molecule has 0 aliphatic heterocycles. The Morgan fingerprint density at radius 3 is 2.38 bits per heavy atom. The smallest absolute Gasteiger partial charge is 0.405 e. The van der Waals surface area contributed by atoms with Gasteiger partial charge in [-0.15, -0.1) is 13.2 Å². The first-order valence-corrected chi connectivity index (χ1v) is 8.99. The summed E-state index contributed by atoms with van der Waals surface area (Å²) in [4.78, 5) is 16.1. The molecule has 29 heavy (non-hydrogen) atoms. The molecule has 0 atom stereocenters. The monoisotopic (exact) mass is 428 g/mol. The zero-order chi connectivity index (χ0) is 21.3. The fraction of sp³-hybridized carbons (Fsp3) is 0.263. The topological polar surface area (TPSA) is 74.8 Å². The van der Waals surface area contributed by atoms with Crippen molar-refractivity contribution in [3.05, 3.63) is 64.7 Å². The molecule has 0 aromatic heterocycles. The normalized spacial score (nSPS) is 11.7. The average molecular weight is 429 g/mol. The Morgan fingerprint density at radius 1 is 1.03 bits per heavy atom. The lowest BCUT2D eigenvalue weighted by atomic mass is 10.2. The Bertz CT molecular complexity index is 859. The molecule has 0 unspecified atom stereocenters. The summed E-state index contributed by atoms with van der Waals surface area (Å²) in [6.07, 6.45) is -4.77. The molecule has 10 heteroatoms. The van der Waals surface area contributed by atoms with Gasteiger partial charge in [0, 0.05) is 32.2 Å². The van der Waals surface area contributed by atoms with Gasteiger partial charge in [0.15, 0.2) is 5.96 Å². The van der Waals surface area contributed by atoms with Gasteiger partial charge in [0.1, 0.15) is 5.75 Å². The number of halogens is 4. The van der Waals surface area contributed by atoms with E-state index < -0.39 is 6.36 Å². The van der Waals surface area contributed by atoms with Crippen molar-refractivity contribution in [1.82, 2.24) is 16.0 Å². The minimum Gasteiger partial charge on any atom is -0.405 e. The molecule has 2 rings (SSSR count). The van der Waals surface area contributed by atoms with Gasteiger partial charge in [0.25, 0.3) is 5.91 Å². The Balaban J connectivity index is 1.80. The molecule has 0 heterocycles. The van der Waals surface area contributed by atoms with Gasteiger partial charge in [-0.1, -0.05) is 41.9 Å². The molecule has 0 aliphatic rings. The molecule has 3 N–H and O–H groups in total. The third-order valence-electron chi connectivity index (χ3n) is 3.69. The molecule has 1 amide bonds. The van der Waals surface area contributed by atoms with Crippen LogP contribution in [0.25, 0.3) is 0 Å². The van der Waals surface area contributed by atoms with Crippen LogP contribution in [0.2, 0.25) is 5.02 Å². The molecule has 2 aromatic rings. The predicted molar refractivity (Wildman–Crippen MR) is 105 cm³/mol. The van der Waals surface area contributed by atoms with E-state index in [0.717, 1.165) is 0 Å². The van der Waals surface area contributed by atoms with Crippen molar-refractivity contribution in [2.75, 3.05) is 20.1 Å². The first-order valence-electron chi connectivity index (χ1n) is 8.61. The van der Waals surface area contributed by atoms with Gasteiger partial charge in [-0.25, -0.2) is 0 Å². The van der Waals surface area contributed by atoms with Crippen molar-refractivity contribution in [2.45, 2.75) is 12.9 Å². The summed E-state index contributed by atoms with van der Waals surface area (Å²) < 4.78 is 41.5. The standard InChI is InChI=1S/C19H20ClF3N4O2/c1-24-18(26-11-10-25-17(28)14-7-3-4-8-15(14)20)27-12-13-6-2-5-9-16(13)29-19(21,22)23/h2-9H,10-12H2,1H3,(H,25,28)(H2,24,26,27). The summed E-state index contributed by atoms with van der Waals surface area (Å²) in [7, 11) is 1.52. The Hall–Kier alpha value is -2.94. The highest BCUT2D eigenvalue weighted by molar-refractivity contribution is 6.33. The van der Waals surface area contributed by atoms with E-state index in [1.54, 1.807) is 30.3 Å². The number of carbonyl (C=O) groups excluding carboxylic acids is 1. The van der Waals surface area contributed by atoms with Crippen LogP contribution in [0.3, 0.4) is 0 Å². The minimum atomic E-state index is -4.77. The van der Waals surface area contributed by atoms with Crippen LogP contribution in [0.4, 0.5) is 13.2 Å². The number of alkyl halides is 3. The average Bonchev–Trinajstić information content (AvgIpc) is 2.67. The lowest BCUT2D eigenvalue weighted by molar-refractivity contribution is -0.274. The van der Waals surface area contributed by atoms with E-state index in [9.17, 15) is 18.0 Å². The summed E-state index contributed by atoms with van der Waals surface area (Å²) in [5.41, 5.74) is 0.692. The van der Waals surface area contributed by atoms with E-state index in [2.05, 4.69) is 25.7 Å². The number of carbonyl (C=O) groups is 1. The molecule has 156 valence electrons. The number of nitrogens with one attached hydrogen (secondary N) is 3. The van der Waals surface area contributed by atoms with Crippen LogP contribution < -0.4 is 20.7 Å². The lowest BCUT2D eigenvalue weighted by Gasteiger charge is -2.15. The molecule has 6 nitrogen and oxygen atoms in total. The molecule has 0 saturated carbocycles. The molecule has 0 fully saturated rings. The lowest BCUT2D eigenvalue weighted by Crippen LogP contribution is -2.41. The van der Waals surface area contributed by atoms with E-state index in [0.29, 0.717) is 35.2 Å². The van der Waals surface area contributed by atoms with Crippen molar-refractivity contribution < 1.29 is 22.7 Å². The summed E-state index contributed by atoms with van der Waals surface area (Å²) in [5, 5.41) is 8.93. The number of nitrogens with zero attached hydrogens (tertiary/aromatic N) is 1. The highest BCUT2D eigenvalue weighted by Gasteiger charge is 2.31. The molecule has 0 aliphatic carbocycles. The summed E-state index contributed by atoms with van der Waals surface area (Å²) in [6.45, 7) is 0.701. The zero-order valence-electron chi connectivity index (χ0n) is 15.5. The fourth-order valence-electron chi connectivity index (χ4n) is 2.37. The number of benzene rings is 2. The Morgan fingerprint density at radius 2 is 1.69 bits per heavy atom. The second-order valence-corrected chi connectivity index (χ2v) is 6.15. The van der Waals surface area contributed by atoms with E-state index in [4.69, 9.17) is 11.6 Å². The van der Waals surface area contributed by atoms with Crippen molar-refractivity contribution in [2.24, 2.45) is 4.99 Å². The molecule has 2 aromatic carbocycles. The number of hydrogen-bond acceptors (Lipinski definition) is 3. The highest BCUT2D eigenvalue weighted by atomic mass is 35.5. The van der Waals surface area contributed by atoms with Crippen LogP contribution in [0.1, 0.15) is 15.9 Å². The molecular formula is C19H20ClF3N4O2. The highest BCUT2D eigenvalue weighted by Crippen LogP contribution is 2.26. The number of rotatable bonds is 7. The molecule has 0 saturated heterocycles. The minimum absolute atomic E-state index is 0.0674. The van der Waals surface area contributed by atoms with Crippen LogP contribution in [-0.2, 0) is 6.54 Å². The van der Waals surface area contributed by atoms with E-state index >= 15 is 0 Å². The van der Waals surface area contributed by atoms with Gasteiger partial charge in [0.05, 0.1) is 10.6 Å². The Kier molecular flexibility index (Phi) is 8.14. The number of para-hydroxylation sites is 1. The maximum atomic E-state index is 12.5. The van der Waals surface area contributed by atoms with Crippen LogP contribution in [0.15, 0.2) is 53.5 Å². The zero-order valence-corrected chi connectivity index (χ0v) is 16.3. The maximum absolute atomic E-state index is 12.5. The van der Waals surface area contributed by atoms with Crippen LogP contribution in [-0.4, -0.2) is 38.4 Å². The maximum Gasteiger partial charge on any atom is 0.573 e. The van der Waals surface area contributed by atoms with Crippen LogP contribution >= 0.6 is 11.6 Å². The summed E-state index contributed by atoms with van der Waals surface area (Å²) >= 11 is 5.97. The number of guanidine groups is 1. The third kappa shape index (κ3) is 7.53. The molecular weight excluding hydrogens is 409 g/mol. The van der Waals surface area contributed by atoms with Crippen molar-refractivity contribution in [1.29, 1.82) is 0 Å². The second-order valence-electron chi connectivity index (χ2n) is 5.74. The van der Waals surface area contributed by atoms with E-state index in [1.807, 2.05) is 0 Å². The van der Waals surface area contributed by atoms with Gasteiger partial charge in [0.2, 0.25) is 0 Å². The largest absolute Gasteiger partial charge is 0.573 e. The third-order valence-corrected chi connectivity index (χ3v) is 4.02.